The van der Waals surface area contributed by atoms with Gasteiger partial charge in [0.15, 0.2) is 0 Å². The lowest BCUT2D eigenvalue weighted by atomic mass is 9.93. The van der Waals surface area contributed by atoms with Crippen LogP contribution in [0.15, 0.2) is 30.3 Å². The number of hydrogen-bond acceptors (Lipinski definition) is 1. The average molecular weight is 279 g/mol. The van der Waals surface area contributed by atoms with Gasteiger partial charge in [-0.3, -0.25) is 0 Å². The second-order valence-corrected chi connectivity index (χ2v) is 4.86. The van der Waals surface area contributed by atoms with E-state index in [-0.39, 0.29) is 5.56 Å². The third kappa shape index (κ3) is 2.70. The van der Waals surface area contributed by atoms with Crippen LogP contribution in [0.5, 0.6) is 0 Å². The van der Waals surface area contributed by atoms with Gasteiger partial charge < -0.3 is 5.32 Å². The van der Waals surface area contributed by atoms with Gasteiger partial charge in [-0.05, 0) is 56.3 Å². The molecule has 0 heterocycles. The highest BCUT2D eigenvalue weighted by Gasteiger charge is 2.22. The van der Waals surface area contributed by atoms with Gasteiger partial charge in [0.25, 0.3) is 0 Å². The minimum atomic E-state index is -0.730. The van der Waals surface area contributed by atoms with Gasteiger partial charge in [0.05, 0.1) is 6.04 Å². The molecule has 4 heteroatoms. The monoisotopic (exact) mass is 279 g/mol. The molecule has 1 atom stereocenters. The van der Waals surface area contributed by atoms with Crippen molar-refractivity contribution in [2.75, 3.05) is 7.05 Å². The number of nitrogens with one attached hydrogen (secondary N) is 1. The van der Waals surface area contributed by atoms with Crippen LogP contribution in [0.25, 0.3) is 0 Å². The van der Waals surface area contributed by atoms with E-state index in [1.807, 2.05) is 6.07 Å². The predicted octanol–water partition coefficient (Wildman–Crippen LogP) is 4.03. The minimum Gasteiger partial charge on any atom is -0.309 e. The van der Waals surface area contributed by atoms with Gasteiger partial charge in [0.1, 0.15) is 17.5 Å². The van der Waals surface area contributed by atoms with Crippen molar-refractivity contribution in [3.8, 4) is 0 Å². The predicted molar refractivity (Wildman–Crippen MR) is 73.1 cm³/mol. The maximum Gasteiger partial charge on any atom is 0.128 e. The van der Waals surface area contributed by atoms with Crippen molar-refractivity contribution < 1.29 is 13.2 Å². The lowest BCUT2D eigenvalue weighted by Crippen LogP contribution is -2.21. The summed E-state index contributed by atoms with van der Waals surface area (Å²) in [5, 5.41) is 2.86. The first kappa shape index (κ1) is 14.6. The molecular weight excluding hydrogens is 263 g/mol. The fraction of sp³-hybridized carbons (Fsp3) is 0.250. The van der Waals surface area contributed by atoms with Crippen molar-refractivity contribution >= 4 is 0 Å². The number of hydrogen-bond donors (Lipinski definition) is 1. The summed E-state index contributed by atoms with van der Waals surface area (Å²) in [7, 11) is 1.59. The van der Waals surface area contributed by atoms with Crippen molar-refractivity contribution in [2.24, 2.45) is 0 Å². The number of halogens is 3. The van der Waals surface area contributed by atoms with E-state index in [0.29, 0.717) is 11.1 Å². The summed E-state index contributed by atoms with van der Waals surface area (Å²) < 4.78 is 41.5. The number of aryl methyl sites for hydroxylation is 2. The lowest BCUT2D eigenvalue weighted by Gasteiger charge is -2.21. The van der Waals surface area contributed by atoms with Crippen LogP contribution in [0.4, 0.5) is 13.2 Å². The standard InChI is InChI=1S/C16H16F3N/c1-9-6-10(2)15(14(19)7-9)16(20-3)12-8-11(17)4-5-13(12)18/h4-8,16,20H,1-3H3. The summed E-state index contributed by atoms with van der Waals surface area (Å²) in [5.41, 5.74) is 1.92. The molecule has 0 aliphatic rings. The molecule has 2 aromatic rings. The summed E-state index contributed by atoms with van der Waals surface area (Å²) in [6.07, 6.45) is 0. The highest BCUT2D eigenvalue weighted by atomic mass is 19.1. The zero-order chi connectivity index (χ0) is 14.9. The van der Waals surface area contributed by atoms with Gasteiger partial charge in [-0.15, -0.1) is 0 Å². The van der Waals surface area contributed by atoms with Crippen molar-refractivity contribution in [3.63, 3.8) is 0 Å². The van der Waals surface area contributed by atoms with Crippen LogP contribution < -0.4 is 5.32 Å². The molecule has 0 aliphatic carbocycles. The van der Waals surface area contributed by atoms with Crippen LogP contribution in [0.1, 0.15) is 28.3 Å². The summed E-state index contributed by atoms with van der Waals surface area (Å²) >= 11 is 0. The summed E-state index contributed by atoms with van der Waals surface area (Å²) in [4.78, 5) is 0. The van der Waals surface area contributed by atoms with E-state index in [0.717, 1.165) is 23.8 Å². The molecule has 0 spiro atoms. The molecule has 2 rings (SSSR count). The molecular formula is C16H16F3N. The topological polar surface area (TPSA) is 12.0 Å². The molecule has 0 amide bonds. The Kier molecular flexibility index (Phi) is 4.14. The van der Waals surface area contributed by atoms with E-state index in [1.165, 1.54) is 6.07 Å². The van der Waals surface area contributed by atoms with Crippen LogP contribution in [0.3, 0.4) is 0 Å². The molecule has 0 bridgehead atoms. The zero-order valence-electron chi connectivity index (χ0n) is 11.6. The smallest absolute Gasteiger partial charge is 0.128 e. The second-order valence-electron chi connectivity index (χ2n) is 4.86. The van der Waals surface area contributed by atoms with E-state index in [1.54, 1.807) is 20.9 Å². The van der Waals surface area contributed by atoms with Gasteiger partial charge >= 0.3 is 0 Å². The van der Waals surface area contributed by atoms with Crippen molar-refractivity contribution in [1.82, 2.24) is 5.32 Å². The molecule has 0 aliphatic heterocycles. The Morgan fingerprint density at radius 2 is 1.65 bits per heavy atom. The first-order valence-electron chi connectivity index (χ1n) is 6.33. The first-order chi connectivity index (χ1) is 9.43. The SMILES string of the molecule is CNC(c1cc(F)ccc1F)c1c(C)cc(C)cc1F. The maximum atomic E-state index is 14.2. The quantitative estimate of drug-likeness (QED) is 0.894. The molecule has 1 nitrogen and oxygen atoms in total. The van der Waals surface area contributed by atoms with Crippen molar-refractivity contribution in [2.45, 2.75) is 19.9 Å². The largest absolute Gasteiger partial charge is 0.309 e. The summed E-state index contributed by atoms with van der Waals surface area (Å²) in [6.45, 7) is 3.55. The number of rotatable bonds is 3. The second kappa shape index (κ2) is 5.67. The van der Waals surface area contributed by atoms with Gasteiger partial charge in [-0.25, -0.2) is 13.2 Å². The molecule has 0 fully saturated rings. The van der Waals surface area contributed by atoms with E-state index in [9.17, 15) is 13.2 Å². The van der Waals surface area contributed by atoms with E-state index < -0.39 is 23.5 Å². The first-order valence-corrected chi connectivity index (χ1v) is 6.33. The van der Waals surface area contributed by atoms with Gasteiger partial charge in [0.2, 0.25) is 0 Å². The van der Waals surface area contributed by atoms with E-state index in [2.05, 4.69) is 5.32 Å². The summed E-state index contributed by atoms with van der Waals surface area (Å²) in [6, 6.07) is 5.67. The van der Waals surface area contributed by atoms with Crippen LogP contribution in [-0.2, 0) is 0 Å². The molecule has 0 saturated carbocycles. The highest BCUT2D eigenvalue weighted by Crippen LogP contribution is 2.30. The Hall–Kier alpha value is -1.81. The third-order valence-electron chi connectivity index (χ3n) is 3.33. The molecule has 106 valence electrons. The van der Waals surface area contributed by atoms with Crippen LogP contribution in [0.2, 0.25) is 0 Å². The zero-order valence-corrected chi connectivity index (χ0v) is 11.6. The number of benzene rings is 2. The Bertz CT molecular complexity index is 615. The Morgan fingerprint density at radius 1 is 0.950 bits per heavy atom. The van der Waals surface area contributed by atoms with Crippen molar-refractivity contribution in [3.05, 3.63) is 70.0 Å². The Labute approximate surface area is 116 Å². The van der Waals surface area contributed by atoms with Gasteiger partial charge in [0, 0.05) is 11.1 Å². The minimum absolute atomic E-state index is 0.0957. The van der Waals surface area contributed by atoms with E-state index >= 15 is 0 Å². The van der Waals surface area contributed by atoms with Gasteiger partial charge in [-0.1, -0.05) is 6.07 Å². The molecule has 0 saturated heterocycles. The molecule has 20 heavy (non-hydrogen) atoms. The molecule has 1 unspecified atom stereocenters. The summed E-state index contributed by atoms with van der Waals surface area (Å²) in [5.74, 6) is -1.54. The van der Waals surface area contributed by atoms with Crippen LogP contribution in [0, 0.1) is 31.3 Å². The van der Waals surface area contributed by atoms with Gasteiger partial charge in [-0.2, -0.15) is 0 Å². The third-order valence-corrected chi connectivity index (χ3v) is 3.33. The molecule has 0 radical (unpaired) electrons. The fourth-order valence-electron chi connectivity index (χ4n) is 2.48. The Balaban J connectivity index is 2.61. The lowest BCUT2D eigenvalue weighted by molar-refractivity contribution is 0.535. The fourth-order valence-corrected chi connectivity index (χ4v) is 2.48. The molecule has 0 aromatic heterocycles. The average Bonchev–Trinajstić information content (AvgIpc) is 2.37. The van der Waals surface area contributed by atoms with Crippen LogP contribution >= 0.6 is 0 Å². The highest BCUT2D eigenvalue weighted by molar-refractivity contribution is 5.40. The Morgan fingerprint density at radius 3 is 2.25 bits per heavy atom. The van der Waals surface area contributed by atoms with E-state index in [4.69, 9.17) is 0 Å². The molecule has 1 N–H and O–H groups in total. The molecule has 2 aromatic carbocycles. The maximum absolute atomic E-state index is 14.2. The van der Waals surface area contributed by atoms with Crippen molar-refractivity contribution in [1.29, 1.82) is 0 Å². The van der Waals surface area contributed by atoms with Crippen LogP contribution in [-0.4, -0.2) is 7.05 Å². The normalized spacial score (nSPS) is 12.5.